The van der Waals surface area contributed by atoms with Gasteiger partial charge in [-0.05, 0) is 39.0 Å². The highest BCUT2D eigenvalue weighted by Crippen LogP contribution is 2.39. The van der Waals surface area contributed by atoms with E-state index in [0.717, 1.165) is 25.7 Å². The molecule has 0 heterocycles. The highest BCUT2D eigenvalue weighted by molar-refractivity contribution is 4.98. The third kappa shape index (κ3) is 2.80. The van der Waals surface area contributed by atoms with Crippen molar-refractivity contribution in [3.05, 3.63) is 12.2 Å². The molecule has 0 aromatic heterocycles. The van der Waals surface area contributed by atoms with Crippen LogP contribution in [0.1, 0.15) is 39.0 Å². The molecule has 1 aliphatic carbocycles. The summed E-state index contributed by atoms with van der Waals surface area (Å²) in [6, 6.07) is 0.299. The summed E-state index contributed by atoms with van der Waals surface area (Å²) in [5.74, 6) is 5.52. The normalized spacial score (nSPS) is 21.4. The van der Waals surface area contributed by atoms with Gasteiger partial charge in [-0.25, -0.2) is 0 Å². The highest BCUT2D eigenvalue weighted by atomic mass is 16.5. The second kappa shape index (κ2) is 4.91. The molecule has 0 aromatic carbocycles. The second-order valence-electron chi connectivity index (χ2n) is 4.47. The molecule has 3 heteroatoms. The Balaban J connectivity index is 2.42. The molecular weight excluding hydrogens is 176 g/mol. The van der Waals surface area contributed by atoms with Crippen LogP contribution in [0.2, 0.25) is 0 Å². The first-order chi connectivity index (χ1) is 6.62. The molecule has 3 nitrogen and oxygen atoms in total. The van der Waals surface area contributed by atoms with Gasteiger partial charge in [0, 0.05) is 13.2 Å². The van der Waals surface area contributed by atoms with Gasteiger partial charge in [-0.2, -0.15) is 0 Å². The van der Waals surface area contributed by atoms with E-state index in [1.165, 1.54) is 12.0 Å². The Morgan fingerprint density at radius 1 is 1.64 bits per heavy atom. The quantitative estimate of drug-likeness (QED) is 0.388. The topological polar surface area (TPSA) is 47.3 Å². The SMILES string of the molecule is C=C(C)CC(CC1(OC)CCC1)NN. The van der Waals surface area contributed by atoms with Crippen LogP contribution in [0, 0.1) is 0 Å². The summed E-state index contributed by atoms with van der Waals surface area (Å²) >= 11 is 0. The van der Waals surface area contributed by atoms with Crippen molar-refractivity contribution in [1.82, 2.24) is 5.43 Å². The van der Waals surface area contributed by atoms with Crippen molar-refractivity contribution < 1.29 is 4.74 Å². The molecular formula is C11H22N2O. The number of ether oxygens (including phenoxy) is 1. The molecule has 1 unspecified atom stereocenters. The summed E-state index contributed by atoms with van der Waals surface area (Å²) in [6.45, 7) is 5.94. The summed E-state index contributed by atoms with van der Waals surface area (Å²) in [5.41, 5.74) is 4.11. The molecule has 0 amide bonds. The third-order valence-corrected chi connectivity index (χ3v) is 3.15. The Kier molecular flexibility index (Phi) is 4.11. The molecule has 1 rings (SSSR count). The summed E-state index contributed by atoms with van der Waals surface area (Å²) in [6.07, 6.45) is 5.53. The molecule has 1 fully saturated rings. The van der Waals surface area contributed by atoms with Gasteiger partial charge < -0.3 is 4.74 Å². The zero-order valence-electron chi connectivity index (χ0n) is 9.31. The van der Waals surface area contributed by atoms with Gasteiger partial charge in [0.1, 0.15) is 0 Å². The number of hydrogen-bond acceptors (Lipinski definition) is 3. The summed E-state index contributed by atoms with van der Waals surface area (Å²) in [7, 11) is 1.80. The van der Waals surface area contributed by atoms with E-state index in [1.54, 1.807) is 7.11 Å². The lowest BCUT2D eigenvalue weighted by Gasteiger charge is -2.42. The lowest BCUT2D eigenvalue weighted by molar-refractivity contribution is -0.0834. The predicted molar refractivity (Wildman–Crippen MR) is 58.8 cm³/mol. The Hall–Kier alpha value is -0.380. The molecule has 14 heavy (non-hydrogen) atoms. The number of methoxy groups -OCH3 is 1. The summed E-state index contributed by atoms with van der Waals surface area (Å²) in [5, 5.41) is 0. The van der Waals surface area contributed by atoms with Gasteiger partial charge in [-0.15, -0.1) is 6.58 Å². The van der Waals surface area contributed by atoms with Gasteiger partial charge in [0.05, 0.1) is 5.60 Å². The van der Waals surface area contributed by atoms with Crippen molar-refractivity contribution >= 4 is 0 Å². The van der Waals surface area contributed by atoms with Crippen molar-refractivity contribution in [3.63, 3.8) is 0 Å². The maximum Gasteiger partial charge on any atom is 0.0694 e. The second-order valence-corrected chi connectivity index (χ2v) is 4.47. The smallest absolute Gasteiger partial charge is 0.0694 e. The highest BCUT2D eigenvalue weighted by Gasteiger charge is 2.38. The van der Waals surface area contributed by atoms with E-state index in [1.807, 2.05) is 6.92 Å². The number of rotatable bonds is 6. The van der Waals surface area contributed by atoms with Crippen LogP contribution >= 0.6 is 0 Å². The molecule has 0 aliphatic heterocycles. The van der Waals surface area contributed by atoms with Crippen molar-refractivity contribution in [2.45, 2.75) is 50.7 Å². The molecule has 0 saturated heterocycles. The zero-order valence-corrected chi connectivity index (χ0v) is 9.31. The molecule has 1 atom stereocenters. The van der Waals surface area contributed by atoms with Crippen LogP contribution in [0.25, 0.3) is 0 Å². The van der Waals surface area contributed by atoms with Gasteiger partial charge in [0.2, 0.25) is 0 Å². The average Bonchev–Trinajstić information content (AvgIpc) is 2.08. The van der Waals surface area contributed by atoms with E-state index in [4.69, 9.17) is 10.6 Å². The first-order valence-electron chi connectivity index (χ1n) is 5.27. The van der Waals surface area contributed by atoms with Crippen LogP contribution in [0.4, 0.5) is 0 Å². The van der Waals surface area contributed by atoms with Crippen molar-refractivity contribution in [3.8, 4) is 0 Å². The van der Waals surface area contributed by atoms with Crippen LogP contribution in [-0.4, -0.2) is 18.8 Å². The Morgan fingerprint density at radius 2 is 2.29 bits per heavy atom. The van der Waals surface area contributed by atoms with E-state index >= 15 is 0 Å². The van der Waals surface area contributed by atoms with E-state index in [9.17, 15) is 0 Å². The number of hydrogen-bond donors (Lipinski definition) is 2. The maximum absolute atomic E-state index is 5.56. The van der Waals surface area contributed by atoms with Gasteiger partial charge in [-0.3, -0.25) is 11.3 Å². The number of hydrazine groups is 1. The van der Waals surface area contributed by atoms with Gasteiger partial charge in [0.15, 0.2) is 0 Å². The number of nitrogens with two attached hydrogens (primary N) is 1. The minimum Gasteiger partial charge on any atom is -0.378 e. The van der Waals surface area contributed by atoms with Crippen LogP contribution in [-0.2, 0) is 4.74 Å². The summed E-state index contributed by atoms with van der Waals surface area (Å²) in [4.78, 5) is 0. The van der Waals surface area contributed by atoms with Gasteiger partial charge in [-0.1, -0.05) is 5.57 Å². The Morgan fingerprint density at radius 3 is 2.57 bits per heavy atom. The van der Waals surface area contributed by atoms with Crippen LogP contribution in [0.5, 0.6) is 0 Å². The van der Waals surface area contributed by atoms with Crippen LogP contribution in [0.3, 0.4) is 0 Å². The molecule has 1 saturated carbocycles. The first-order valence-corrected chi connectivity index (χ1v) is 5.27. The summed E-state index contributed by atoms with van der Waals surface area (Å²) < 4.78 is 5.56. The van der Waals surface area contributed by atoms with E-state index in [2.05, 4.69) is 12.0 Å². The third-order valence-electron chi connectivity index (χ3n) is 3.15. The molecule has 0 aromatic rings. The first kappa shape index (κ1) is 11.7. The van der Waals surface area contributed by atoms with Crippen molar-refractivity contribution in [2.75, 3.05) is 7.11 Å². The molecule has 1 aliphatic rings. The predicted octanol–water partition coefficient (Wildman–Crippen LogP) is 1.74. The Labute approximate surface area is 86.7 Å². The lowest BCUT2D eigenvalue weighted by Crippen LogP contribution is -2.47. The largest absolute Gasteiger partial charge is 0.378 e. The van der Waals surface area contributed by atoms with Crippen molar-refractivity contribution in [2.24, 2.45) is 5.84 Å². The maximum atomic E-state index is 5.56. The number of nitrogens with one attached hydrogen (secondary N) is 1. The standard InChI is InChI=1S/C11H22N2O/c1-9(2)7-10(13-12)8-11(14-3)5-4-6-11/h10,13H,1,4-8,12H2,2-3H3. The minimum absolute atomic E-state index is 0.0898. The van der Waals surface area contributed by atoms with Gasteiger partial charge in [0.25, 0.3) is 0 Å². The fourth-order valence-corrected chi connectivity index (χ4v) is 2.12. The fourth-order valence-electron chi connectivity index (χ4n) is 2.12. The Bertz CT molecular complexity index is 194. The average molecular weight is 198 g/mol. The molecule has 0 bridgehead atoms. The van der Waals surface area contributed by atoms with E-state index < -0.39 is 0 Å². The van der Waals surface area contributed by atoms with Crippen molar-refractivity contribution in [1.29, 1.82) is 0 Å². The fraction of sp³-hybridized carbons (Fsp3) is 0.818. The zero-order chi connectivity index (χ0) is 10.6. The molecule has 0 spiro atoms. The lowest BCUT2D eigenvalue weighted by atomic mass is 9.75. The van der Waals surface area contributed by atoms with Crippen LogP contribution < -0.4 is 11.3 Å². The molecule has 0 radical (unpaired) electrons. The van der Waals surface area contributed by atoms with E-state index in [0.29, 0.717) is 6.04 Å². The monoisotopic (exact) mass is 198 g/mol. The minimum atomic E-state index is 0.0898. The van der Waals surface area contributed by atoms with Gasteiger partial charge >= 0.3 is 0 Å². The van der Waals surface area contributed by atoms with Crippen LogP contribution in [0.15, 0.2) is 12.2 Å². The molecule has 3 N–H and O–H groups in total. The molecule has 82 valence electrons. The van der Waals surface area contributed by atoms with E-state index in [-0.39, 0.29) is 5.60 Å².